The van der Waals surface area contributed by atoms with Gasteiger partial charge < -0.3 is 15.0 Å². The maximum atomic E-state index is 12.6. The molecular formula is C22H24N2O2. The molecule has 2 aliphatic rings. The summed E-state index contributed by atoms with van der Waals surface area (Å²) in [4.78, 5) is 15.0. The molecule has 2 aromatic carbocycles. The van der Waals surface area contributed by atoms with E-state index in [-0.39, 0.29) is 12.0 Å². The summed E-state index contributed by atoms with van der Waals surface area (Å²) >= 11 is 0. The molecule has 2 aromatic rings. The second kappa shape index (κ2) is 6.96. The zero-order valence-electron chi connectivity index (χ0n) is 15.3. The Labute approximate surface area is 154 Å². The van der Waals surface area contributed by atoms with Crippen LogP contribution in [0.15, 0.2) is 48.5 Å². The lowest BCUT2D eigenvalue weighted by Gasteiger charge is -2.20. The molecule has 0 aromatic heterocycles. The SMILES string of the molecule is CCN(CC)CCC1OC(=C2C(=O)Nc3ccccc32)c2ccccc21. The molecule has 0 radical (unpaired) electrons. The van der Waals surface area contributed by atoms with Crippen LogP contribution >= 0.6 is 0 Å². The number of benzene rings is 2. The third-order valence-corrected chi connectivity index (χ3v) is 5.31. The van der Waals surface area contributed by atoms with E-state index in [9.17, 15) is 4.79 Å². The van der Waals surface area contributed by atoms with Gasteiger partial charge in [-0.25, -0.2) is 0 Å². The van der Waals surface area contributed by atoms with Crippen LogP contribution in [0.5, 0.6) is 0 Å². The number of anilines is 1. The van der Waals surface area contributed by atoms with Crippen molar-refractivity contribution < 1.29 is 9.53 Å². The molecule has 1 atom stereocenters. The van der Waals surface area contributed by atoms with E-state index in [1.54, 1.807) is 0 Å². The van der Waals surface area contributed by atoms with Crippen molar-refractivity contribution in [3.05, 3.63) is 65.2 Å². The number of amides is 1. The van der Waals surface area contributed by atoms with Crippen molar-refractivity contribution in [2.75, 3.05) is 25.0 Å². The van der Waals surface area contributed by atoms with E-state index in [0.29, 0.717) is 11.3 Å². The van der Waals surface area contributed by atoms with Gasteiger partial charge >= 0.3 is 0 Å². The molecule has 4 rings (SSSR count). The van der Waals surface area contributed by atoms with E-state index in [1.807, 2.05) is 36.4 Å². The number of hydrogen-bond acceptors (Lipinski definition) is 3. The Morgan fingerprint density at radius 1 is 1.00 bits per heavy atom. The van der Waals surface area contributed by atoms with E-state index in [0.717, 1.165) is 42.9 Å². The Balaban J connectivity index is 1.72. The molecule has 1 amide bonds. The van der Waals surface area contributed by atoms with Crippen LogP contribution in [0.1, 0.15) is 43.1 Å². The average Bonchev–Trinajstić information content (AvgIpc) is 3.19. The predicted molar refractivity (Wildman–Crippen MR) is 105 cm³/mol. The van der Waals surface area contributed by atoms with Crippen LogP contribution in [-0.4, -0.2) is 30.4 Å². The standard InChI is InChI=1S/C22H24N2O2/c1-3-24(4-2)14-13-19-15-9-5-6-10-16(15)21(26-19)20-17-11-7-8-12-18(17)23-22(20)25/h5-12,19H,3-4,13-14H2,1-2H3,(H,23,25). The molecule has 134 valence electrons. The lowest BCUT2D eigenvalue weighted by molar-refractivity contribution is -0.110. The normalized spacial score (nSPS) is 20.7. The fourth-order valence-corrected chi connectivity index (χ4v) is 3.84. The van der Waals surface area contributed by atoms with Gasteiger partial charge in [0.1, 0.15) is 11.9 Å². The maximum absolute atomic E-state index is 12.6. The largest absolute Gasteiger partial charge is 0.484 e. The summed E-state index contributed by atoms with van der Waals surface area (Å²) in [6, 6.07) is 16.0. The first-order valence-electron chi connectivity index (χ1n) is 9.36. The first kappa shape index (κ1) is 16.9. The molecule has 0 bridgehead atoms. The Morgan fingerprint density at radius 2 is 1.69 bits per heavy atom. The number of nitrogens with one attached hydrogen (secondary N) is 1. The summed E-state index contributed by atoms with van der Waals surface area (Å²) < 4.78 is 6.37. The highest BCUT2D eigenvalue weighted by Crippen LogP contribution is 2.46. The Bertz CT molecular complexity index is 868. The van der Waals surface area contributed by atoms with E-state index >= 15 is 0 Å². The number of rotatable bonds is 5. The number of nitrogens with zero attached hydrogens (tertiary/aromatic N) is 1. The second-order valence-corrected chi connectivity index (χ2v) is 6.71. The number of ether oxygens (including phenoxy) is 1. The van der Waals surface area contributed by atoms with Crippen molar-refractivity contribution in [3.63, 3.8) is 0 Å². The summed E-state index contributed by atoms with van der Waals surface area (Å²) in [5, 5.41) is 2.95. The summed E-state index contributed by atoms with van der Waals surface area (Å²) in [6.07, 6.45) is 0.911. The van der Waals surface area contributed by atoms with Gasteiger partial charge in [-0.15, -0.1) is 0 Å². The molecule has 1 N–H and O–H groups in total. The zero-order chi connectivity index (χ0) is 18.1. The van der Waals surface area contributed by atoms with Crippen LogP contribution in [0.4, 0.5) is 5.69 Å². The third-order valence-electron chi connectivity index (χ3n) is 5.31. The van der Waals surface area contributed by atoms with Crippen molar-refractivity contribution in [2.24, 2.45) is 0 Å². The van der Waals surface area contributed by atoms with E-state index in [2.05, 4.69) is 36.2 Å². The summed E-state index contributed by atoms with van der Waals surface area (Å²) in [5.74, 6) is 0.632. The van der Waals surface area contributed by atoms with Gasteiger partial charge in [0.2, 0.25) is 0 Å². The molecule has 0 saturated carbocycles. The minimum absolute atomic E-state index is 0.00476. The highest BCUT2D eigenvalue weighted by atomic mass is 16.5. The molecule has 0 spiro atoms. The number of carbonyl (C=O) groups excluding carboxylic acids is 1. The quantitative estimate of drug-likeness (QED) is 0.819. The van der Waals surface area contributed by atoms with Crippen molar-refractivity contribution in [3.8, 4) is 0 Å². The lowest BCUT2D eigenvalue weighted by Crippen LogP contribution is -2.25. The highest BCUT2D eigenvalue weighted by Gasteiger charge is 2.35. The first-order chi connectivity index (χ1) is 12.7. The van der Waals surface area contributed by atoms with Gasteiger partial charge in [-0.3, -0.25) is 4.79 Å². The van der Waals surface area contributed by atoms with Crippen molar-refractivity contribution >= 4 is 22.9 Å². The topological polar surface area (TPSA) is 41.6 Å². The maximum Gasteiger partial charge on any atom is 0.260 e. The molecule has 0 aliphatic carbocycles. The van der Waals surface area contributed by atoms with Gasteiger partial charge in [0, 0.05) is 35.3 Å². The van der Waals surface area contributed by atoms with Crippen molar-refractivity contribution in [2.45, 2.75) is 26.4 Å². The van der Waals surface area contributed by atoms with Crippen LogP contribution < -0.4 is 5.32 Å². The van der Waals surface area contributed by atoms with Crippen LogP contribution in [0.3, 0.4) is 0 Å². The predicted octanol–water partition coefficient (Wildman–Crippen LogP) is 4.31. The molecule has 2 heterocycles. The fraction of sp³-hybridized carbons (Fsp3) is 0.318. The molecule has 4 heteroatoms. The Hall–Kier alpha value is -2.59. The minimum atomic E-state index is -0.0830. The van der Waals surface area contributed by atoms with E-state index in [4.69, 9.17) is 4.74 Å². The molecule has 1 unspecified atom stereocenters. The minimum Gasteiger partial charge on any atom is -0.484 e. The number of fused-ring (bicyclic) bond motifs is 2. The summed E-state index contributed by atoms with van der Waals surface area (Å²) in [7, 11) is 0. The number of carbonyl (C=O) groups is 1. The molecule has 26 heavy (non-hydrogen) atoms. The van der Waals surface area contributed by atoms with Gasteiger partial charge in [0.25, 0.3) is 5.91 Å². The molecule has 4 nitrogen and oxygen atoms in total. The number of para-hydroxylation sites is 1. The zero-order valence-corrected chi connectivity index (χ0v) is 15.3. The second-order valence-electron chi connectivity index (χ2n) is 6.71. The Morgan fingerprint density at radius 3 is 2.46 bits per heavy atom. The first-order valence-corrected chi connectivity index (χ1v) is 9.36. The van der Waals surface area contributed by atoms with Crippen LogP contribution in [0, 0.1) is 0 Å². The van der Waals surface area contributed by atoms with E-state index < -0.39 is 0 Å². The van der Waals surface area contributed by atoms with Gasteiger partial charge in [-0.1, -0.05) is 56.3 Å². The summed E-state index contributed by atoms with van der Waals surface area (Å²) in [6.45, 7) is 7.42. The summed E-state index contributed by atoms with van der Waals surface area (Å²) in [5.41, 5.74) is 4.65. The molecular weight excluding hydrogens is 324 g/mol. The lowest BCUT2D eigenvalue weighted by atomic mass is 9.98. The Kier molecular flexibility index (Phi) is 4.51. The molecule has 2 aliphatic heterocycles. The smallest absolute Gasteiger partial charge is 0.260 e. The third kappa shape index (κ3) is 2.80. The average molecular weight is 348 g/mol. The van der Waals surface area contributed by atoms with Crippen LogP contribution in [-0.2, 0) is 9.53 Å². The van der Waals surface area contributed by atoms with Crippen molar-refractivity contribution in [1.82, 2.24) is 4.90 Å². The molecule has 0 fully saturated rings. The van der Waals surface area contributed by atoms with Gasteiger partial charge in [-0.05, 0) is 19.2 Å². The van der Waals surface area contributed by atoms with Crippen molar-refractivity contribution in [1.29, 1.82) is 0 Å². The van der Waals surface area contributed by atoms with E-state index in [1.165, 1.54) is 5.56 Å². The van der Waals surface area contributed by atoms with Gasteiger partial charge in [0.15, 0.2) is 0 Å². The fourth-order valence-electron chi connectivity index (χ4n) is 3.84. The highest BCUT2D eigenvalue weighted by molar-refractivity contribution is 6.36. The van der Waals surface area contributed by atoms with Crippen LogP contribution in [0.25, 0.3) is 11.3 Å². The number of hydrogen-bond donors (Lipinski definition) is 1. The molecule has 0 saturated heterocycles. The monoisotopic (exact) mass is 348 g/mol. The van der Waals surface area contributed by atoms with Crippen LogP contribution in [0.2, 0.25) is 0 Å². The van der Waals surface area contributed by atoms with Gasteiger partial charge in [0.05, 0.1) is 5.57 Å². The van der Waals surface area contributed by atoms with Gasteiger partial charge in [-0.2, -0.15) is 0 Å².